The summed E-state index contributed by atoms with van der Waals surface area (Å²) < 4.78 is 12.4. The van der Waals surface area contributed by atoms with Gasteiger partial charge in [0.15, 0.2) is 0 Å². The molecule has 0 saturated carbocycles. The van der Waals surface area contributed by atoms with E-state index in [2.05, 4.69) is 10.3 Å². The van der Waals surface area contributed by atoms with Crippen molar-refractivity contribution in [1.82, 2.24) is 14.9 Å². The Bertz CT molecular complexity index is 971. The number of hydrogen-bond acceptors (Lipinski definition) is 5. The van der Waals surface area contributed by atoms with Crippen LogP contribution in [0.2, 0.25) is 0 Å². The van der Waals surface area contributed by atoms with Crippen LogP contribution in [0.4, 0.5) is 0 Å². The van der Waals surface area contributed by atoms with E-state index in [1.54, 1.807) is 4.57 Å². The van der Waals surface area contributed by atoms with E-state index in [1.165, 1.54) is 7.11 Å². The Balaban J connectivity index is 1.77. The Morgan fingerprint density at radius 2 is 1.86 bits per heavy atom. The first-order valence-corrected chi connectivity index (χ1v) is 9.21. The van der Waals surface area contributed by atoms with Crippen LogP contribution in [0.1, 0.15) is 12.2 Å². The fourth-order valence-corrected chi connectivity index (χ4v) is 2.95. The molecule has 0 aliphatic carbocycles. The second kappa shape index (κ2) is 9.70. The SMILES string of the molecule is COCCC(NC(=O)Cn1c(COc2ccccc2)nc2ccccc21)C(=O)O. The minimum absolute atomic E-state index is 0.0647. The molecule has 0 saturated heterocycles. The predicted octanol–water partition coefficient (Wildman–Crippen LogP) is 2.22. The van der Waals surface area contributed by atoms with Crippen LogP contribution in [-0.4, -0.2) is 46.3 Å². The lowest BCUT2D eigenvalue weighted by Gasteiger charge is -2.15. The highest BCUT2D eigenvalue weighted by Gasteiger charge is 2.21. The maximum atomic E-state index is 12.6. The topological polar surface area (TPSA) is 103 Å². The summed E-state index contributed by atoms with van der Waals surface area (Å²) in [5, 5.41) is 11.8. The van der Waals surface area contributed by atoms with E-state index >= 15 is 0 Å². The number of amides is 1. The zero-order valence-electron chi connectivity index (χ0n) is 16.1. The lowest BCUT2D eigenvalue weighted by Crippen LogP contribution is -2.43. The average molecular weight is 397 g/mol. The van der Waals surface area contributed by atoms with Crippen LogP contribution in [0.3, 0.4) is 0 Å². The van der Waals surface area contributed by atoms with Crippen molar-refractivity contribution in [2.45, 2.75) is 25.6 Å². The van der Waals surface area contributed by atoms with E-state index in [1.807, 2.05) is 54.6 Å². The molecule has 8 nitrogen and oxygen atoms in total. The van der Waals surface area contributed by atoms with Crippen molar-refractivity contribution in [3.63, 3.8) is 0 Å². The smallest absolute Gasteiger partial charge is 0.326 e. The number of rotatable bonds is 10. The summed E-state index contributed by atoms with van der Waals surface area (Å²) in [7, 11) is 1.48. The molecule has 0 aliphatic heterocycles. The number of aliphatic carboxylic acids is 1. The second-order valence-electron chi connectivity index (χ2n) is 6.44. The number of para-hydroxylation sites is 3. The molecule has 0 spiro atoms. The van der Waals surface area contributed by atoms with Gasteiger partial charge in [-0.2, -0.15) is 0 Å². The zero-order valence-corrected chi connectivity index (χ0v) is 16.1. The Morgan fingerprint density at radius 1 is 1.14 bits per heavy atom. The number of methoxy groups -OCH3 is 1. The third-order valence-corrected chi connectivity index (χ3v) is 4.39. The van der Waals surface area contributed by atoms with E-state index in [0.29, 0.717) is 11.6 Å². The molecule has 152 valence electrons. The third-order valence-electron chi connectivity index (χ3n) is 4.39. The molecule has 0 bridgehead atoms. The summed E-state index contributed by atoms with van der Waals surface area (Å²) in [6, 6.07) is 15.8. The first-order chi connectivity index (χ1) is 14.1. The summed E-state index contributed by atoms with van der Waals surface area (Å²) in [4.78, 5) is 28.5. The molecule has 1 atom stereocenters. The van der Waals surface area contributed by atoms with Gasteiger partial charge in [0, 0.05) is 20.1 Å². The number of carbonyl (C=O) groups excluding carboxylic acids is 1. The molecule has 3 rings (SSSR count). The van der Waals surface area contributed by atoms with Crippen LogP contribution in [0.5, 0.6) is 5.75 Å². The molecule has 8 heteroatoms. The lowest BCUT2D eigenvalue weighted by atomic mass is 10.2. The number of imidazole rings is 1. The van der Waals surface area contributed by atoms with Gasteiger partial charge < -0.3 is 24.5 Å². The quantitative estimate of drug-likeness (QED) is 0.544. The average Bonchev–Trinajstić information content (AvgIpc) is 3.07. The fourth-order valence-electron chi connectivity index (χ4n) is 2.95. The molecular weight excluding hydrogens is 374 g/mol. The van der Waals surface area contributed by atoms with Crippen LogP contribution >= 0.6 is 0 Å². The van der Waals surface area contributed by atoms with Gasteiger partial charge in [-0.25, -0.2) is 9.78 Å². The highest BCUT2D eigenvalue weighted by molar-refractivity contribution is 5.85. The summed E-state index contributed by atoms with van der Waals surface area (Å²) in [6.45, 7) is 0.351. The molecule has 1 unspecified atom stereocenters. The van der Waals surface area contributed by atoms with Crippen LogP contribution in [0.25, 0.3) is 11.0 Å². The van der Waals surface area contributed by atoms with Crippen LogP contribution in [0.15, 0.2) is 54.6 Å². The van der Waals surface area contributed by atoms with Gasteiger partial charge in [0.25, 0.3) is 0 Å². The van der Waals surface area contributed by atoms with Gasteiger partial charge in [-0.3, -0.25) is 4.79 Å². The summed E-state index contributed by atoms with van der Waals surface area (Å²) in [5.41, 5.74) is 1.51. The van der Waals surface area contributed by atoms with Gasteiger partial charge in [0.1, 0.15) is 30.8 Å². The maximum Gasteiger partial charge on any atom is 0.326 e. The van der Waals surface area contributed by atoms with E-state index < -0.39 is 17.9 Å². The number of carbonyl (C=O) groups is 2. The number of nitrogens with one attached hydrogen (secondary N) is 1. The van der Waals surface area contributed by atoms with E-state index in [9.17, 15) is 14.7 Å². The minimum Gasteiger partial charge on any atom is -0.486 e. The van der Waals surface area contributed by atoms with Crippen molar-refractivity contribution in [3.05, 3.63) is 60.4 Å². The first kappa shape index (κ1) is 20.3. The molecule has 0 aliphatic rings. The molecule has 1 amide bonds. The number of hydrogen-bond donors (Lipinski definition) is 2. The minimum atomic E-state index is -1.10. The van der Waals surface area contributed by atoms with E-state index in [-0.39, 0.29) is 26.2 Å². The van der Waals surface area contributed by atoms with E-state index in [0.717, 1.165) is 11.0 Å². The maximum absolute atomic E-state index is 12.6. The largest absolute Gasteiger partial charge is 0.486 e. The van der Waals surface area contributed by atoms with Gasteiger partial charge in [-0.15, -0.1) is 0 Å². The standard InChI is InChI=1S/C21H23N3O5/c1-28-12-11-17(21(26)27)23-20(25)13-24-18-10-6-5-9-16(18)22-19(24)14-29-15-7-3-2-4-8-15/h2-10,17H,11-14H2,1H3,(H,23,25)(H,26,27). The van der Waals surface area contributed by atoms with Gasteiger partial charge in [-0.05, 0) is 24.3 Å². The monoisotopic (exact) mass is 397 g/mol. The lowest BCUT2D eigenvalue weighted by molar-refractivity contribution is -0.142. The molecule has 0 fully saturated rings. The Morgan fingerprint density at radius 3 is 2.59 bits per heavy atom. The highest BCUT2D eigenvalue weighted by Crippen LogP contribution is 2.18. The number of nitrogens with zero attached hydrogens (tertiary/aromatic N) is 2. The van der Waals surface area contributed by atoms with Crippen molar-refractivity contribution < 1.29 is 24.2 Å². The van der Waals surface area contributed by atoms with Crippen molar-refractivity contribution in [3.8, 4) is 5.75 Å². The molecule has 2 N–H and O–H groups in total. The normalized spacial score (nSPS) is 11.9. The van der Waals surface area contributed by atoms with Crippen LogP contribution in [-0.2, 0) is 27.5 Å². The first-order valence-electron chi connectivity index (χ1n) is 9.21. The fraction of sp³-hybridized carbons (Fsp3) is 0.286. The third kappa shape index (κ3) is 5.32. The molecular formula is C21H23N3O5. The summed E-state index contributed by atoms with van der Waals surface area (Å²) in [5.74, 6) is -0.244. The Labute approximate surface area is 168 Å². The van der Waals surface area contributed by atoms with Crippen LogP contribution < -0.4 is 10.1 Å². The van der Waals surface area contributed by atoms with Crippen molar-refractivity contribution in [2.24, 2.45) is 0 Å². The number of aromatic nitrogens is 2. The van der Waals surface area contributed by atoms with Gasteiger partial charge in [-0.1, -0.05) is 30.3 Å². The predicted molar refractivity (Wildman–Crippen MR) is 107 cm³/mol. The van der Waals surface area contributed by atoms with Crippen molar-refractivity contribution >= 4 is 22.9 Å². The Kier molecular flexibility index (Phi) is 6.80. The molecule has 1 heterocycles. The number of ether oxygens (including phenoxy) is 2. The van der Waals surface area contributed by atoms with Crippen molar-refractivity contribution in [1.29, 1.82) is 0 Å². The summed E-state index contributed by atoms with van der Waals surface area (Å²) in [6.07, 6.45) is 0.187. The van der Waals surface area contributed by atoms with Crippen LogP contribution in [0, 0.1) is 0 Å². The second-order valence-corrected chi connectivity index (χ2v) is 6.44. The van der Waals surface area contributed by atoms with E-state index in [4.69, 9.17) is 9.47 Å². The Hall–Kier alpha value is -3.39. The molecule has 0 radical (unpaired) electrons. The summed E-state index contributed by atoms with van der Waals surface area (Å²) >= 11 is 0. The van der Waals surface area contributed by atoms with Crippen molar-refractivity contribution in [2.75, 3.05) is 13.7 Å². The number of carboxylic acids is 1. The molecule has 2 aromatic carbocycles. The van der Waals surface area contributed by atoms with Gasteiger partial charge in [0.2, 0.25) is 5.91 Å². The molecule has 3 aromatic rings. The number of benzene rings is 2. The zero-order chi connectivity index (χ0) is 20.6. The highest BCUT2D eigenvalue weighted by atomic mass is 16.5. The van der Waals surface area contributed by atoms with Gasteiger partial charge in [0.05, 0.1) is 11.0 Å². The number of carboxylic acid groups (broad SMARTS) is 1. The number of fused-ring (bicyclic) bond motifs is 1. The molecule has 1 aromatic heterocycles. The van der Waals surface area contributed by atoms with Gasteiger partial charge >= 0.3 is 5.97 Å². The molecule has 29 heavy (non-hydrogen) atoms.